The molecule has 0 unspecified atom stereocenters. The third-order valence-electron chi connectivity index (χ3n) is 4.61. The van der Waals surface area contributed by atoms with Crippen LogP contribution in [0.1, 0.15) is 5.56 Å². The molecule has 0 saturated heterocycles. The van der Waals surface area contributed by atoms with E-state index in [0.717, 1.165) is 16.7 Å². The molecule has 8 heteroatoms. The standard InChI is InChI=1S/C22H16N6O2/c1-15-12-27(22(29)26-19(15)28-14-23-13-24-28)20-18(16-8-4-2-5-9-16)30-21(25-20)17-10-6-3-7-11-17/h2-14H,1H3. The van der Waals surface area contributed by atoms with E-state index in [1.807, 2.05) is 67.6 Å². The molecule has 0 saturated carbocycles. The molecule has 0 bridgehead atoms. The maximum absolute atomic E-state index is 12.9. The van der Waals surface area contributed by atoms with Gasteiger partial charge in [-0.05, 0) is 19.1 Å². The quantitative estimate of drug-likeness (QED) is 0.462. The molecule has 0 atom stereocenters. The Bertz CT molecular complexity index is 1360. The highest BCUT2D eigenvalue weighted by Gasteiger charge is 2.20. The van der Waals surface area contributed by atoms with Crippen molar-refractivity contribution in [3.8, 4) is 34.4 Å². The molecule has 0 radical (unpaired) electrons. The Morgan fingerprint density at radius 2 is 1.57 bits per heavy atom. The van der Waals surface area contributed by atoms with Crippen LogP contribution in [-0.4, -0.2) is 29.3 Å². The van der Waals surface area contributed by atoms with Crippen LogP contribution in [0, 0.1) is 6.92 Å². The van der Waals surface area contributed by atoms with Crippen LogP contribution in [0.2, 0.25) is 0 Å². The third kappa shape index (κ3) is 3.10. The topological polar surface area (TPSA) is 91.6 Å². The van der Waals surface area contributed by atoms with Gasteiger partial charge < -0.3 is 4.42 Å². The van der Waals surface area contributed by atoms with E-state index in [-0.39, 0.29) is 0 Å². The predicted molar refractivity (Wildman–Crippen MR) is 110 cm³/mol. The van der Waals surface area contributed by atoms with E-state index in [2.05, 4.69) is 20.1 Å². The number of aromatic nitrogens is 6. The first-order chi connectivity index (χ1) is 14.7. The first kappa shape index (κ1) is 17.7. The fraction of sp³-hybridized carbons (Fsp3) is 0.0455. The fourth-order valence-corrected chi connectivity index (χ4v) is 3.20. The third-order valence-corrected chi connectivity index (χ3v) is 4.61. The van der Waals surface area contributed by atoms with Gasteiger partial charge in [-0.15, -0.1) is 0 Å². The van der Waals surface area contributed by atoms with Gasteiger partial charge in [0.25, 0.3) is 0 Å². The normalized spacial score (nSPS) is 11.0. The molecule has 0 aliphatic heterocycles. The summed E-state index contributed by atoms with van der Waals surface area (Å²) in [6, 6.07) is 19.1. The molecule has 0 aliphatic rings. The summed E-state index contributed by atoms with van der Waals surface area (Å²) in [5.74, 6) is 1.72. The largest absolute Gasteiger partial charge is 0.434 e. The van der Waals surface area contributed by atoms with Crippen LogP contribution in [-0.2, 0) is 0 Å². The van der Waals surface area contributed by atoms with Crippen molar-refractivity contribution < 1.29 is 4.42 Å². The zero-order valence-electron chi connectivity index (χ0n) is 16.0. The molecule has 0 N–H and O–H groups in total. The number of hydrogen-bond acceptors (Lipinski definition) is 6. The van der Waals surface area contributed by atoms with Gasteiger partial charge in [-0.25, -0.2) is 19.0 Å². The summed E-state index contributed by atoms with van der Waals surface area (Å²) in [5.41, 5.74) is 1.88. The molecule has 30 heavy (non-hydrogen) atoms. The van der Waals surface area contributed by atoms with Crippen molar-refractivity contribution in [1.82, 2.24) is 29.3 Å². The molecule has 0 fully saturated rings. The van der Waals surface area contributed by atoms with Crippen molar-refractivity contribution in [2.75, 3.05) is 0 Å². The van der Waals surface area contributed by atoms with Crippen LogP contribution in [0.5, 0.6) is 0 Å². The van der Waals surface area contributed by atoms with Crippen LogP contribution in [0.3, 0.4) is 0 Å². The van der Waals surface area contributed by atoms with Crippen molar-refractivity contribution >= 4 is 0 Å². The molecule has 5 aromatic rings. The first-order valence-electron chi connectivity index (χ1n) is 9.28. The van der Waals surface area contributed by atoms with Gasteiger partial charge in [0.05, 0.1) is 0 Å². The van der Waals surface area contributed by atoms with Gasteiger partial charge in [0.15, 0.2) is 17.4 Å². The summed E-state index contributed by atoms with van der Waals surface area (Å²) < 4.78 is 8.97. The lowest BCUT2D eigenvalue weighted by atomic mass is 10.2. The zero-order chi connectivity index (χ0) is 20.5. The summed E-state index contributed by atoms with van der Waals surface area (Å²) in [4.78, 5) is 25.7. The molecule has 5 rings (SSSR count). The molecular formula is C22H16N6O2. The van der Waals surface area contributed by atoms with Crippen molar-refractivity contribution in [1.29, 1.82) is 0 Å². The fourth-order valence-electron chi connectivity index (χ4n) is 3.20. The predicted octanol–water partition coefficient (Wildman–Crippen LogP) is 3.44. The second-order valence-corrected chi connectivity index (χ2v) is 6.64. The summed E-state index contributed by atoms with van der Waals surface area (Å²) in [7, 11) is 0. The van der Waals surface area contributed by atoms with Crippen LogP contribution in [0.25, 0.3) is 34.4 Å². The molecule has 0 aliphatic carbocycles. The number of oxazole rings is 1. The molecule has 2 aromatic carbocycles. The molecule has 146 valence electrons. The highest BCUT2D eigenvalue weighted by molar-refractivity contribution is 5.69. The highest BCUT2D eigenvalue weighted by Crippen LogP contribution is 2.31. The monoisotopic (exact) mass is 396 g/mol. The molecule has 3 heterocycles. The van der Waals surface area contributed by atoms with Crippen LogP contribution >= 0.6 is 0 Å². The lowest BCUT2D eigenvalue weighted by molar-refractivity contribution is 0.588. The van der Waals surface area contributed by atoms with E-state index >= 15 is 0 Å². The number of benzene rings is 2. The lowest BCUT2D eigenvalue weighted by Gasteiger charge is -2.08. The number of nitrogens with zero attached hydrogens (tertiary/aromatic N) is 6. The molecule has 3 aromatic heterocycles. The van der Waals surface area contributed by atoms with Crippen LogP contribution < -0.4 is 5.69 Å². The Labute approximate surface area is 171 Å². The van der Waals surface area contributed by atoms with Crippen molar-refractivity contribution in [2.45, 2.75) is 6.92 Å². The molecular weight excluding hydrogens is 380 g/mol. The summed E-state index contributed by atoms with van der Waals surface area (Å²) in [6.07, 6.45) is 4.58. The second-order valence-electron chi connectivity index (χ2n) is 6.64. The minimum absolute atomic E-state index is 0.380. The maximum Gasteiger partial charge on any atom is 0.355 e. The lowest BCUT2D eigenvalue weighted by Crippen LogP contribution is -2.24. The Kier molecular flexibility index (Phi) is 4.29. The van der Waals surface area contributed by atoms with E-state index in [1.54, 1.807) is 6.20 Å². The summed E-state index contributed by atoms with van der Waals surface area (Å²) >= 11 is 0. The Morgan fingerprint density at radius 3 is 2.23 bits per heavy atom. The van der Waals surface area contributed by atoms with Crippen LogP contribution in [0.15, 0.2) is 88.7 Å². The number of hydrogen-bond donors (Lipinski definition) is 0. The van der Waals surface area contributed by atoms with E-state index in [0.29, 0.717) is 23.3 Å². The zero-order valence-corrected chi connectivity index (χ0v) is 16.0. The van der Waals surface area contributed by atoms with Gasteiger partial charge in [-0.2, -0.15) is 15.1 Å². The van der Waals surface area contributed by atoms with Gasteiger partial charge in [0.1, 0.15) is 12.7 Å². The summed E-state index contributed by atoms with van der Waals surface area (Å²) in [6.45, 7) is 1.85. The minimum atomic E-state index is -0.490. The van der Waals surface area contributed by atoms with Gasteiger partial charge in [-0.1, -0.05) is 48.5 Å². The Hall–Kier alpha value is -4.33. The van der Waals surface area contributed by atoms with Gasteiger partial charge in [-0.3, -0.25) is 0 Å². The molecule has 0 spiro atoms. The average molecular weight is 396 g/mol. The Balaban J connectivity index is 1.71. The Morgan fingerprint density at radius 1 is 0.867 bits per heavy atom. The number of rotatable bonds is 4. The van der Waals surface area contributed by atoms with E-state index in [1.165, 1.54) is 21.9 Å². The first-order valence-corrected chi connectivity index (χ1v) is 9.28. The SMILES string of the molecule is Cc1cn(-c2nc(-c3ccccc3)oc2-c2ccccc2)c(=O)nc1-n1cncn1. The van der Waals surface area contributed by atoms with Gasteiger partial charge in [0, 0.05) is 22.9 Å². The smallest absolute Gasteiger partial charge is 0.355 e. The van der Waals surface area contributed by atoms with Crippen molar-refractivity contribution in [3.63, 3.8) is 0 Å². The van der Waals surface area contributed by atoms with E-state index in [4.69, 9.17) is 4.42 Å². The second kappa shape index (κ2) is 7.25. The van der Waals surface area contributed by atoms with Crippen molar-refractivity contribution in [2.24, 2.45) is 0 Å². The maximum atomic E-state index is 12.9. The highest BCUT2D eigenvalue weighted by atomic mass is 16.4. The summed E-state index contributed by atoms with van der Waals surface area (Å²) in [5, 5.41) is 4.06. The van der Waals surface area contributed by atoms with Crippen molar-refractivity contribution in [3.05, 3.63) is 95.6 Å². The average Bonchev–Trinajstić information content (AvgIpc) is 3.47. The van der Waals surface area contributed by atoms with E-state index < -0.39 is 5.69 Å². The molecule has 8 nitrogen and oxygen atoms in total. The molecule has 0 amide bonds. The van der Waals surface area contributed by atoms with Gasteiger partial charge >= 0.3 is 5.69 Å². The minimum Gasteiger partial charge on any atom is -0.434 e. The van der Waals surface area contributed by atoms with E-state index in [9.17, 15) is 4.79 Å². The van der Waals surface area contributed by atoms with Crippen LogP contribution in [0.4, 0.5) is 0 Å². The number of aryl methyl sites for hydroxylation is 1. The van der Waals surface area contributed by atoms with Gasteiger partial charge in [0.2, 0.25) is 5.89 Å².